The van der Waals surface area contributed by atoms with Gasteiger partial charge in [-0.3, -0.25) is 0 Å². The monoisotopic (exact) mass is 762 g/mol. The Hall–Kier alpha value is -7.94. The first-order valence-electron chi connectivity index (χ1n) is 20.7. The highest BCUT2D eigenvalue weighted by molar-refractivity contribution is 6.32. The third-order valence-corrected chi connectivity index (χ3v) is 12.3. The molecule has 2 heteroatoms. The van der Waals surface area contributed by atoms with E-state index in [-0.39, 0.29) is 0 Å². The number of hydrogen-bond donors (Lipinski definition) is 0. The molecule has 1 aromatic heterocycles. The number of benzene rings is 11. The van der Waals surface area contributed by atoms with Gasteiger partial charge in [0.2, 0.25) is 0 Å². The molecule has 2 nitrogen and oxygen atoms in total. The number of nitrogens with zero attached hydrogens (tertiary/aromatic N) is 2. The zero-order valence-corrected chi connectivity index (χ0v) is 32.8. The van der Waals surface area contributed by atoms with E-state index in [2.05, 4.69) is 240 Å². The first-order chi connectivity index (χ1) is 29.8. The van der Waals surface area contributed by atoms with Gasteiger partial charge in [0, 0.05) is 38.6 Å². The Labute approximate surface area is 348 Å². The molecule has 0 saturated heterocycles. The van der Waals surface area contributed by atoms with Crippen molar-refractivity contribution in [2.45, 2.75) is 0 Å². The van der Waals surface area contributed by atoms with Crippen molar-refractivity contribution in [2.75, 3.05) is 4.90 Å². The van der Waals surface area contributed by atoms with Crippen LogP contribution >= 0.6 is 0 Å². The molecular weight excluding hydrogens is 725 g/mol. The van der Waals surface area contributed by atoms with Crippen LogP contribution in [0.3, 0.4) is 0 Å². The Balaban J connectivity index is 1.04. The van der Waals surface area contributed by atoms with Gasteiger partial charge in [0.15, 0.2) is 0 Å². The van der Waals surface area contributed by atoms with Crippen LogP contribution in [0.25, 0.3) is 92.8 Å². The summed E-state index contributed by atoms with van der Waals surface area (Å²) in [6.45, 7) is 0. The molecule has 60 heavy (non-hydrogen) atoms. The molecule has 11 aromatic carbocycles. The second-order valence-corrected chi connectivity index (χ2v) is 15.7. The van der Waals surface area contributed by atoms with Crippen molar-refractivity contribution in [3.63, 3.8) is 0 Å². The van der Waals surface area contributed by atoms with Gasteiger partial charge in [-0.25, -0.2) is 0 Å². The fraction of sp³-hybridized carbons (Fsp3) is 0. The summed E-state index contributed by atoms with van der Waals surface area (Å²) in [4.78, 5) is 2.42. The first kappa shape index (κ1) is 34.1. The molecule has 0 spiro atoms. The topological polar surface area (TPSA) is 8.17 Å². The Kier molecular flexibility index (Phi) is 7.89. The summed E-state index contributed by atoms with van der Waals surface area (Å²) in [7, 11) is 0. The number of aromatic nitrogens is 1. The van der Waals surface area contributed by atoms with E-state index in [4.69, 9.17) is 0 Å². The van der Waals surface area contributed by atoms with Gasteiger partial charge in [0.1, 0.15) is 0 Å². The average molecular weight is 763 g/mol. The minimum atomic E-state index is 1.10. The summed E-state index contributed by atoms with van der Waals surface area (Å²) in [5, 5.41) is 12.6. The van der Waals surface area contributed by atoms with Crippen molar-refractivity contribution >= 4 is 82.0 Å². The SMILES string of the molecule is c1ccc(-c2ccc(N(c3ccc(-c4ccc5c6c7ccccc7c7ccccc7c6n(-c6ccccc6)c5c4)cc3)c3cc4ccccc4c4ccccc34)cc2)cc1. The number of fused-ring (bicyclic) bond motifs is 11. The van der Waals surface area contributed by atoms with Crippen LogP contribution in [0.2, 0.25) is 0 Å². The summed E-state index contributed by atoms with van der Waals surface area (Å²) >= 11 is 0. The lowest BCUT2D eigenvalue weighted by molar-refractivity contribution is 1.19. The summed E-state index contributed by atoms with van der Waals surface area (Å²) in [6, 6.07) is 84.2. The summed E-state index contributed by atoms with van der Waals surface area (Å²) in [5.74, 6) is 0. The fourth-order valence-corrected chi connectivity index (χ4v) is 9.58. The highest BCUT2D eigenvalue weighted by atomic mass is 15.1. The number of para-hydroxylation sites is 1. The van der Waals surface area contributed by atoms with Crippen LogP contribution in [0.15, 0.2) is 231 Å². The summed E-state index contributed by atoms with van der Waals surface area (Å²) < 4.78 is 2.48. The van der Waals surface area contributed by atoms with E-state index in [0.29, 0.717) is 0 Å². The van der Waals surface area contributed by atoms with Crippen molar-refractivity contribution in [1.29, 1.82) is 0 Å². The zero-order chi connectivity index (χ0) is 39.6. The predicted molar refractivity (Wildman–Crippen MR) is 256 cm³/mol. The van der Waals surface area contributed by atoms with Gasteiger partial charge in [0.05, 0.1) is 16.7 Å². The van der Waals surface area contributed by atoms with E-state index in [1.165, 1.54) is 87.1 Å². The first-order valence-corrected chi connectivity index (χ1v) is 20.7. The molecule has 12 rings (SSSR count). The maximum absolute atomic E-state index is 2.48. The van der Waals surface area contributed by atoms with Crippen LogP contribution < -0.4 is 4.90 Å². The largest absolute Gasteiger partial charge is 0.310 e. The van der Waals surface area contributed by atoms with Gasteiger partial charge < -0.3 is 9.47 Å². The number of rotatable bonds is 6. The van der Waals surface area contributed by atoms with Crippen LogP contribution in [0.1, 0.15) is 0 Å². The van der Waals surface area contributed by atoms with E-state index in [1.54, 1.807) is 0 Å². The molecular formula is C58H38N2. The minimum Gasteiger partial charge on any atom is -0.310 e. The summed E-state index contributed by atoms with van der Waals surface area (Å²) in [5.41, 5.74) is 11.7. The molecule has 0 amide bonds. The standard InChI is InChI=1S/C58H38N2/c1-3-15-39(16-4-1)40-27-32-45(33-28-40)59(55-38-43-17-7-8-20-47(43)48-21-9-12-24-51(48)55)46-34-29-41(30-35-46)42-31-36-54-56(37-42)60(44-18-5-2-6-19-44)58-53-26-14-11-23-50(53)49-22-10-13-25-52(49)57(54)58/h1-38H. The lowest BCUT2D eigenvalue weighted by Crippen LogP contribution is -2.10. The third kappa shape index (κ3) is 5.42. The highest BCUT2D eigenvalue weighted by Crippen LogP contribution is 2.45. The van der Waals surface area contributed by atoms with Gasteiger partial charge in [-0.15, -0.1) is 0 Å². The molecule has 1 heterocycles. The molecule has 0 unspecified atom stereocenters. The molecule has 0 fully saturated rings. The van der Waals surface area contributed by atoms with Crippen LogP contribution in [0, 0.1) is 0 Å². The molecule has 0 N–H and O–H groups in total. The molecule has 0 aliphatic rings. The van der Waals surface area contributed by atoms with Crippen molar-refractivity contribution < 1.29 is 0 Å². The van der Waals surface area contributed by atoms with E-state index in [9.17, 15) is 0 Å². The van der Waals surface area contributed by atoms with Crippen LogP contribution in [-0.2, 0) is 0 Å². The quantitative estimate of drug-likeness (QED) is 0.153. The minimum absolute atomic E-state index is 1.10. The van der Waals surface area contributed by atoms with Crippen molar-refractivity contribution in [2.24, 2.45) is 0 Å². The molecule has 0 aliphatic heterocycles. The van der Waals surface area contributed by atoms with E-state index in [0.717, 1.165) is 22.7 Å². The van der Waals surface area contributed by atoms with E-state index < -0.39 is 0 Å². The molecule has 0 saturated carbocycles. The maximum atomic E-state index is 2.48. The van der Waals surface area contributed by atoms with Crippen molar-refractivity contribution in [1.82, 2.24) is 4.57 Å². The van der Waals surface area contributed by atoms with E-state index in [1.807, 2.05) is 0 Å². The van der Waals surface area contributed by atoms with Crippen molar-refractivity contribution in [3.05, 3.63) is 231 Å². The Morgan fingerprint density at radius 2 is 0.767 bits per heavy atom. The second-order valence-electron chi connectivity index (χ2n) is 15.7. The summed E-state index contributed by atoms with van der Waals surface area (Å²) in [6.07, 6.45) is 0. The van der Waals surface area contributed by atoms with E-state index >= 15 is 0 Å². The lowest BCUT2D eigenvalue weighted by Gasteiger charge is -2.28. The zero-order valence-electron chi connectivity index (χ0n) is 32.8. The number of hydrogen-bond acceptors (Lipinski definition) is 1. The molecule has 0 aliphatic carbocycles. The highest BCUT2D eigenvalue weighted by Gasteiger charge is 2.21. The normalized spacial score (nSPS) is 11.7. The van der Waals surface area contributed by atoms with Gasteiger partial charge in [-0.05, 0) is 103 Å². The van der Waals surface area contributed by atoms with Crippen LogP contribution in [-0.4, -0.2) is 4.57 Å². The Bertz CT molecular complexity index is 3570. The average Bonchev–Trinajstić information content (AvgIpc) is 3.68. The van der Waals surface area contributed by atoms with Gasteiger partial charge in [0.25, 0.3) is 0 Å². The molecule has 0 radical (unpaired) electrons. The molecule has 12 aromatic rings. The van der Waals surface area contributed by atoms with Crippen molar-refractivity contribution in [3.8, 4) is 27.9 Å². The second kappa shape index (κ2) is 13.9. The Morgan fingerprint density at radius 1 is 0.300 bits per heavy atom. The maximum Gasteiger partial charge on any atom is 0.0625 e. The van der Waals surface area contributed by atoms with Gasteiger partial charge >= 0.3 is 0 Å². The van der Waals surface area contributed by atoms with Crippen LogP contribution in [0.5, 0.6) is 0 Å². The fourth-order valence-electron chi connectivity index (χ4n) is 9.58. The van der Waals surface area contributed by atoms with Gasteiger partial charge in [-0.1, -0.05) is 182 Å². The number of anilines is 3. The van der Waals surface area contributed by atoms with Gasteiger partial charge in [-0.2, -0.15) is 0 Å². The third-order valence-electron chi connectivity index (χ3n) is 12.3. The predicted octanol–water partition coefficient (Wildman–Crippen LogP) is 16.2. The molecule has 0 bridgehead atoms. The van der Waals surface area contributed by atoms with Crippen LogP contribution in [0.4, 0.5) is 17.1 Å². The molecule has 280 valence electrons. The smallest absolute Gasteiger partial charge is 0.0625 e. The Morgan fingerprint density at radius 3 is 1.43 bits per heavy atom. The lowest BCUT2D eigenvalue weighted by atomic mass is 9.96. The molecule has 0 atom stereocenters.